The Morgan fingerprint density at radius 1 is 1.13 bits per heavy atom. The molecule has 6 nitrogen and oxygen atoms in total. The second-order valence-electron chi connectivity index (χ2n) is 7.39. The SMILES string of the molecule is CCOc1cc(OCCOC2CC(C=O)C2)ccc1-c1cc(=O)c2cccc(Cl)c2o1. The zero-order valence-corrected chi connectivity index (χ0v) is 17.9. The molecule has 0 radical (unpaired) electrons. The van der Waals surface area contributed by atoms with Gasteiger partial charge in [0.05, 0.1) is 35.3 Å². The number of hydrogen-bond donors (Lipinski definition) is 0. The second kappa shape index (κ2) is 9.54. The molecule has 4 rings (SSSR count). The summed E-state index contributed by atoms with van der Waals surface area (Å²) in [7, 11) is 0. The van der Waals surface area contributed by atoms with E-state index in [1.54, 1.807) is 36.4 Å². The Balaban J connectivity index is 1.50. The molecule has 0 unspecified atom stereocenters. The highest BCUT2D eigenvalue weighted by atomic mass is 35.5. The highest BCUT2D eigenvalue weighted by molar-refractivity contribution is 6.34. The van der Waals surface area contributed by atoms with E-state index in [0.717, 1.165) is 19.1 Å². The van der Waals surface area contributed by atoms with E-state index in [0.29, 0.717) is 58.6 Å². The van der Waals surface area contributed by atoms with Gasteiger partial charge >= 0.3 is 0 Å². The Bertz CT molecular complexity index is 1130. The van der Waals surface area contributed by atoms with Gasteiger partial charge in [-0.15, -0.1) is 0 Å². The number of rotatable bonds is 9. The van der Waals surface area contributed by atoms with Crippen LogP contribution in [0.15, 0.2) is 51.7 Å². The first-order chi connectivity index (χ1) is 15.1. The van der Waals surface area contributed by atoms with Gasteiger partial charge in [-0.25, -0.2) is 0 Å². The van der Waals surface area contributed by atoms with Gasteiger partial charge in [-0.3, -0.25) is 4.79 Å². The van der Waals surface area contributed by atoms with Crippen LogP contribution in [-0.2, 0) is 9.53 Å². The summed E-state index contributed by atoms with van der Waals surface area (Å²) in [5.74, 6) is 1.68. The molecule has 1 saturated carbocycles. The van der Waals surface area contributed by atoms with Crippen molar-refractivity contribution in [3.05, 3.63) is 57.7 Å². The van der Waals surface area contributed by atoms with E-state index in [-0.39, 0.29) is 17.5 Å². The fraction of sp³-hybridized carbons (Fsp3) is 0.333. The fourth-order valence-electron chi connectivity index (χ4n) is 3.57. The zero-order valence-electron chi connectivity index (χ0n) is 17.1. The van der Waals surface area contributed by atoms with E-state index >= 15 is 0 Å². The molecule has 0 saturated heterocycles. The van der Waals surface area contributed by atoms with Gasteiger partial charge in [-0.1, -0.05) is 17.7 Å². The third kappa shape index (κ3) is 4.75. The van der Waals surface area contributed by atoms with E-state index < -0.39 is 0 Å². The summed E-state index contributed by atoms with van der Waals surface area (Å²) in [5, 5.41) is 0.806. The molecule has 31 heavy (non-hydrogen) atoms. The van der Waals surface area contributed by atoms with Crippen molar-refractivity contribution in [2.75, 3.05) is 19.8 Å². The number of ether oxygens (including phenoxy) is 3. The van der Waals surface area contributed by atoms with Crippen molar-refractivity contribution in [3.8, 4) is 22.8 Å². The van der Waals surface area contributed by atoms with Crippen molar-refractivity contribution in [2.24, 2.45) is 5.92 Å². The summed E-state index contributed by atoms with van der Waals surface area (Å²) in [5.41, 5.74) is 0.810. The Hall–Kier alpha value is -2.83. The quantitative estimate of drug-likeness (QED) is 0.347. The van der Waals surface area contributed by atoms with Crippen LogP contribution < -0.4 is 14.9 Å². The van der Waals surface area contributed by atoms with Crippen LogP contribution in [0.5, 0.6) is 11.5 Å². The van der Waals surface area contributed by atoms with Crippen molar-refractivity contribution in [1.29, 1.82) is 0 Å². The van der Waals surface area contributed by atoms with Crippen LogP contribution in [0.2, 0.25) is 5.02 Å². The van der Waals surface area contributed by atoms with Gasteiger partial charge in [0.2, 0.25) is 0 Å². The van der Waals surface area contributed by atoms with Gasteiger partial charge in [0.15, 0.2) is 11.0 Å². The highest BCUT2D eigenvalue weighted by Crippen LogP contribution is 2.35. The summed E-state index contributed by atoms with van der Waals surface area (Å²) in [6, 6.07) is 11.9. The molecule has 0 bridgehead atoms. The van der Waals surface area contributed by atoms with Crippen molar-refractivity contribution in [3.63, 3.8) is 0 Å². The predicted molar refractivity (Wildman–Crippen MR) is 118 cm³/mol. The lowest BCUT2D eigenvalue weighted by Crippen LogP contribution is -2.33. The molecular formula is C24H23ClO6. The molecule has 0 amide bonds. The number of halogens is 1. The number of aldehydes is 1. The predicted octanol–water partition coefficient (Wildman–Crippen LogP) is 4.89. The van der Waals surface area contributed by atoms with Crippen LogP contribution >= 0.6 is 11.6 Å². The second-order valence-corrected chi connectivity index (χ2v) is 7.80. The first kappa shape index (κ1) is 21.4. The topological polar surface area (TPSA) is 75.0 Å². The summed E-state index contributed by atoms with van der Waals surface area (Å²) < 4.78 is 23.2. The minimum Gasteiger partial charge on any atom is -0.493 e. The maximum absolute atomic E-state index is 12.5. The molecule has 1 fully saturated rings. The maximum atomic E-state index is 12.5. The van der Waals surface area contributed by atoms with E-state index in [1.165, 1.54) is 6.07 Å². The molecule has 1 aliphatic carbocycles. The molecular weight excluding hydrogens is 420 g/mol. The van der Waals surface area contributed by atoms with Crippen LogP contribution in [-0.4, -0.2) is 32.2 Å². The summed E-state index contributed by atoms with van der Waals surface area (Å²) in [4.78, 5) is 23.2. The molecule has 0 atom stereocenters. The van der Waals surface area contributed by atoms with E-state index in [4.69, 9.17) is 30.2 Å². The van der Waals surface area contributed by atoms with Crippen LogP contribution in [0.1, 0.15) is 19.8 Å². The molecule has 7 heteroatoms. The third-order valence-electron chi connectivity index (χ3n) is 5.25. The summed E-state index contributed by atoms with van der Waals surface area (Å²) in [6.07, 6.45) is 2.70. The fourth-order valence-corrected chi connectivity index (χ4v) is 3.79. The van der Waals surface area contributed by atoms with Gasteiger partial charge in [0, 0.05) is 18.1 Å². The third-order valence-corrected chi connectivity index (χ3v) is 5.55. The molecule has 0 spiro atoms. The molecule has 3 aromatic rings. The maximum Gasteiger partial charge on any atom is 0.193 e. The number of fused-ring (bicyclic) bond motifs is 1. The zero-order chi connectivity index (χ0) is 21.8. The molecule has 1 aromatic heterocycles. The van der Waals surface area contributed by atoms with E-state index in [9.17, 15) is 9.59 Å². The molecule has 1 aliphatic rings. The molecule has 1 heterocycles. The largest absolute Gasteiger partial charge is 0.493 e. The Labute approximate surface area is 184 Å². The van der Waals surface area contributed by atoms with Gasteiger partial charge in [-0.05, 0) is 44.0 Å². The van der Waals surface area contributed by atoms with Crippen molar-refractivity contribution >= 4 is 28.9 Å². The number of hydrogen-bond acceptors (Lipinski definition) is 6. The lowest BCUT2D eigenvalue weighted by atomic mass is 9.83. The first-order valence-electron chi connectivity index (χ1n) is 10.3. The first-order valence-corrected chi connectivity index (χ1v) is 10.7. The van der Waals surface area contributed by atoms with Gasteiger partial charge < -0.3 is 23.4 Å². The Morgan fingerprint density at radius 2 is 1.97 bits per heavy atom. The van der Waals surface area contributed by atoms with E-state index in [2.05, 4.69) is 0 Å². The number of benzene rings is 2. The van der Waals surface area contributed by atoms with Crippen molar-refractivity contribution in [2.45, 2.75) is 25.9 Å². The standard InChI is InChI=1S/C24H23ClO6/c1-2-28-22-12-16(29-8-9-30-17-10-15(11-17)14-26)6-7-19(22)23-13-21(27)18-4-3-5-20(25)24(18)31-23/h3-7,12-15,17H,2,8-11H2,1H3. The molecule has 2 aromatic carbocycles. The lowest BCUT2D eigenvalue weighted by molar-refractivity contribution is -0.119. The minimum absolute atomic E-state index is 0.136. The average molecular weight is 443 g/mol. The average Bonchev–Trinajstić information content (AvgIpc) is 2.73. The van der Waals surface area contributed by atoms with Crippen LogP contribution in [0.25, 0.3) is 22.3 Å². The lowest BCUT2D eigenvalue weighted by Gasteiger charge is -2.31. The Morgan fingerprint density at radius 3 is 2.74 bits per heavy atom. The number of carbonyl (C=O) groups excluding carboxylic acids is 1. The van der Waals surface area contributed by atoms with Crippen LogP contribution in [0.4, 0.5) is 0 Å². The van der Waals surface area contributed by atoms with Crippen LogP contribution in [0, 0.1) is 5.92 Å². The molecule has 0 aliphatic heterocycles. The number of carbonyl (C=O) groups is 1. The molecule has 0 N–H and O–H groups in total. The normalized spacial score (nSPS) is 17.9. The smallest absolute Gasteiger partial charge is 0.193 e. The molecule has 162 valence electrons. The highest BCUT2D eigenvalue weighted by Gasteiger charge is 2.29. The Kier molecular flexibility index (Phi) is 6.59. The van der Waals surface area contributed by atoms with Gasteiger partial charge in [0.25, 0.3) is 0 Å². The van der Waals surface area contributed by atoms with Crippen molar-refractivity contribution in [1.82, 2.24) is 0 Å². The minimum atomic E-state index is -0.175. The monoisotopic (exact) mass is 442 g/mol. The summed E-state index contributed by atoms with van der Waals surface area (Å²) >= 11 is 6.23. The van der Waals surface area contributed by atoms with Crippen LogP contribution in [0.3, 0.4) is 0 Å². The number of para-hydroxylation sites is 1. The summed E-state index contributed by atoms with van der Waals surface area (Å²) in [6.45, 7) is 3.15. The van der Waals surface area contributed by atoms with E-state index in [1.807, 2.05) is 6.92 Å². The van der Waals surface area contributed by atoms with Crippen molar-refractivity contribution < 1.29 is 23.4 Å². The van der Waals surface area contributed by atoms with Gasteiger partial charge in [-0.2, -0.15) is 0 Å². The van der Waals surface area contributed by atoms with Gasteiger partial charge in [0.1, 0.15) is 30.2 Å².